The largest absolute Gasteiger partial charge is 0.491 e. The maximum Gasteiger partial charge on any atom is 0.243 e. The molecule has 0 radical (unpaired) electrons. The molecule has 1 atom stereocenters. The zero-order chi connectivity index (χ0) is 22.5. The summed E-state index contributed by atoms with van der Waals surface area (Å²) in [5, 5.41) is 2.68. The Morgan fingerprint density at radius 2 is 1.83 bits per heavy atom. The summed E-state index contributed by atoms with van der Waals surface area (Å²) in [5.41, 5.74) is 1.06. The van der Waals surface area contributed by atoms with Gasteiger partial charge in [-0.1, -0.05) is 45.0 Å². The van der Waals surface area contributed by atoms with Crippen LogP contribution in [0.15, 0.2) is 48.5 Å². The molecule has 30 heavy (non-hydrogen) atoms. The fraction of sp³-hybridized carbons (Fsp3) is 0.409. The Labute approximate surface area is 178 Å². The Morgan fingerprint density at radius 3 is 2.43 bits per heavy atom. The number of hydrogen-bond acceptors (Lipinski definition) is 4. The second-order valence-electron chi connectivity index (χ2n) is 8.10. The van der Waals surface area contributed by atoms with Crippen molar-refractivity contribution in [2.75, 3.05) is 23.7 Å². The Balaban J connectivity index is 2.02. The van der Waals surface area contributed by atoms with Crippen LogP contribution in [0.3, 0.4) is 0 Å². The predicted octanol–water partition coefficient (Wildman–Crippen LogP) is 3.47. The number of ether oxygens (including phenoxy) is 1. The van der Waals surface area contributed by atoms with E-state index in [9.17, 15) is 17.6 Å². The molecular weight excluding hydrogens is 407 g/mol. The van der Waals surface area contributed by atoms with Crippen molar-refractivity contribution in [1.82, 2.24) is 5.32 Å². The van der Waals surface area contributed by atoms with Crippen LogP contribution in [0.1, 0.15) is 33.3 Å². The highest BCUT2D eigenvalue weighted by Gasteiger charge is 2.29. The molecule has 1 amide bonds. The summed E-state index contributed by atoms with van der Waals surface area (Å²) in [6.07, 6.45) is 0.980. The van der Waals surface area contributed by atoms with Gasteiger partial charge in [0.15, 0.2) is 0 Å². The minimum Gasteiger partial charge on any atom is -0.491 e. The zero-order valence-electron chi connectivity index (χ0n) is 18.0. The third kappa shape index (κ3) is 6.19. The molecule has 0 heterocycles. The number of carbonyl (C=O) groups excluding carboxylic acids is 1. The van der Waals surface area contributed by atoms with Crippen LogP contribution < -0.4 is 14.4 Å². The maximum atomic E-state index is 13.6. The molecule has 6 nitrogen and oxygen atoms in total. The van der Waals surface area contributed by atoms with E-state index < -0.39 is 27.8 Å². The molecule has 0 fully saturated rings. The van der Waals surface area contributed by atoms with Gasteiger partial charge in [0, 0.05) is 0 Å². The van der Waals surface area contributed by atoms with Gasteiger partial charge >= 0.3 is 0 Å². The van der Waals surface area contributed by atoms with Crippen molar-refractivity contribution in [3.8, 4) is 5.75 Å². The number of carbonyl (C=O) groups is 1. The molecule has 0 saturated heterocycles. The van der Waals surface area contributed by atoms with Gasteiger partial charge in [0.05, 0.1) is 18.5 Å². The summed E-state index contributed by atoms with van der Waals surface area (Å²) < 4.78 is 44.8. The summed E-state index contributed by atoms with van der Waals surface area (Å²) in [6.45, 7) is 8.14. The van der Waals surface area contributed by atoms with Crippen LogP contribution in [-0.2, 0) is 20.2 Å². The summed E-state index contributed by atoms with van der Waals surface area (Å²) >= 11 is 0. The second-order valence-corrected chi connectivity index (χ2v) is 9.96. The lowest BCUT2D eigenvalue weighted by molar-refractivity contribution is -0.121. The Hall–Kier alpha value is -2.61. The van der Waals surface area contributed by atoms with Crippen molar-refractivity contribution in [2.45, 2.75) is 39.2 Å². The first-order chi connectivity index (χ1) is 13.9. The van der Waals surface area contributed by atoms with Gasteiger partial charge in [-0.3, -0.25) is 9.10 Å². The molecule has 8 heteroatoms. The van der Waals surface area contributed by atoms with Gasteiger partial charge in [0.2, 0.25) is 15.9 Å². The number of hydrogen-bond donors (Lipinski definition) is 1. The minimum atomic E-state index is -3.80. The van der Waals surface area contributed by atoms with Crippen LogP contribution in [-0.4, -0.2) is 39.8 Å². The number of nitrogens with zero attached hydrogens (tertiary/aromatic N) is 1. The molecule has 0 saturated carbocycles. The standard InChI is InChI=1S/C22H29FN2O4S/c1-16(25(30(5,27)28)18-10-8-9-17(23)15-18)21(26)24-13-14-29-20-12-7-6-11-19(20)22(2,3)4/h6-12,15-16H,13-14H2,1-5H3,(H,24,26)/t16-/m0/s1. The van der Waals surface area contributed by atoms with Crippen LogP contribution in [0.5, 0.6) is 5.75 Å². The van der Waals surface area contributed by atoms with Crippen LogP contribution in [0.2, 0.25) is 0 Å². The number of sulfonamides is 1. The number of benzene rings is 2. The number of anilines is 1. The molecular formula is C22H29FN2O4S. The van der Waals surface area contributed by atoms with Crippen molar-refractivity contribution in [1.29, 1.82) is 0 Å². The predicted molar refractivity (Wildman–Crippen MR) is 117 cm³/mol. The summed E-state index contributed by atoms with van der Waals surface area (Å²) in [5.74, 6) is -0.345. The van der Waals surface area contributed by atoms with E-state index >= 15 is 0 Å². The van der Waals surface area contributed by atoms with E-state index in [2.05, 4.69) is 26.1 Å². The Bertz CT molecular complexity index is 987. The van der Waals surface area contributed by atoms with Gasteiger partial charge in [-0.15, -0.1) is 0 Å². The number of halogens is 1. The smallest absolute Gasteiger partial charge is 0.243 e. The lowest BCUT2D eigenvalue weighted by Crippen LogP contribution is -2.48. The molecule has 0 spiro atoms. The van der Waals surface area contributed by atoms with Crippen LogP contribution in [0, 0.1) is 5.82 Å². The van der Waals surface area contributed by atoms with Crippen LogP contribution in [0.4, 0.5) is 10.1 Å². The molecule has 0 aliphatic heterocycles. The highest BCUT2D eigenvalue weighted by atomic mass is 32.2. The maximum absolute atomic E-state index is 13.6. The molecule has 2 aromatic rings. The summed E-state index contributed by atoms with van der Waals surface area (Å²) in [6, 6.07) is 11.8. The topological polar surface area (TPSA) is 75.7 Å². The highest BCUT2D eigenvalue weighted by Crippen LogP contribution is 2.30. The van der Waals surface area contributed by atoms with E-state index in [1.165, 1.54) is 25.1 Å². The molecule has 2 aromatic carbocycles. The van der Waals surface area contributed by atoms with Gasteiger partial charge in [-0.2, -0.15) is 0 Å². The Morgan fingerprint density at radius 1 is 1.17 bits per heavy atom. The van der Waals surface area contributed by atoms with Crippen molar-refractivity contribution in [3.05, 3.63) is 59.9 Å². The lowest BCUT2D eigenvalue weighted by atomic mass is 9.86. The lowest BCUT2D eigenvalue weighted by Gasteiger charge is -2.28. The fourth-order valence-corrected chi connectivity index (χ4v) is 4.28. The Kier molecular flexibility index (Phi) is 7.47. The molecule has 0 bridgehead atoms. The van der Waals surface area contributed by atoms with Crippen molar-refractivity contribution in [2.24, 2.45) is 0 Å². The molecule has 0 unspecified atom stereocenters. The summed E-state index contributed by atoms with van der Waals surface area (Å²) in [7, 11) is -3.80. The third-order valence-electron chi connectivity index (χ3n) is 4.51. The van der Waals surface area contributed by atoms with E-state index in [0.29, 0.717) is 0 Å². The van der Waals surface area contributed by atoms with E-state index in [0.717, 1.165) is 27.9 Å². The highest BCUT2D eigenvalue weighted by molar-refractivity contribution is 7.92. The quantitative estimate of drug-likeness (QED) is 0.643. The zero-order valence-corrected chi connectivity index (χ0v) is 18.8. The van der Waals surface area contributed by atoms with Crippen molar-refractivity contribution >= 4 is 21.6 Å². The van der Waals surface area contributed by atoms with Crippen LogP contribution in [0.25, 0.3) is 0 Å². The monoisotopic (exact) mass is 436 g/mol. The number of nitrogens with one attached hydrogen (secondary N) is 1. The fourth-order valence-electron chi connectivity index (χ4n) is 3.12. The van der Waals surface area contributed by atoms with Crippen molar-refractivity contribution < 1.29 is 22.3 Å². The molecule has 2 rings (SSSR count). The first kappa shape index (κ1) is 23.7. The van der Waals surface area contributed by atoms with Gasteiger partial charge in [-0.25, -0.2) is 12.8 Å². The molecule has 1 N–H and O–H groups in total. The molecule has 0 aromatic heterocycles. The minimum absolute atomic E-state index is 0.0880. The number of amides is 1. The van der Waals surface area contributed by atoms with Gasteiger partial charge in [0.1, 0.15) is 24.2 Å². The SMILES string of the molecule is C[C@@H](C(=O)NCCOc1ccccc1C(C)(C)C)N(c1cccc(F)c1)S(C)(=O)=O. The average molecular weight is 437 g/mol. The molecule has 0 aliphatic rings. The number of para-hydroxylation sites is 1. The van der Waals surface area contributed by atoms with E-state index in [-0.39, 0.29) is 24.3 Å². The average Bonchev–Trinajstić information content (AvgIpc) is 2.63. The molecule has 164 valence electrons. The summed E-state index contributed by atoms with van der Waals surface area (Å²) in [4.78, 5) is 12.6. The third-order valence-corrected chi connectivity index (χ3v) is 5.75. The first-order valence-electron chi connectivity index (χ1n) is 9.66. The van der Waals surface area contributed by atoms with Crippen LogP contribution >= 0.6 is 0 Å². The number of rotatable bonds is 8. The van der Waals surface area contributed by atoms with Gasteiger partial charge in [-0.05, 0) is 42.2 Å². The van der Waals surface area contributed by atoms with Crippen molar-refractivity contribution in [3.63, 3.8) is 0 Å². The van der Waals surface area contributed by atoms with E-state index in [4.69, 9.17) is 4.74 Å². The second kappa shape index (κ2) is 9.47. The van der Waals surface area contributed by atoms with Gasteiger partial charge < -0.3 is 10.1 Å². The van der Waals surface area contributed by atoms with E-state index in [1.54, 1.807) is 0 Å². The van der Waals surface area contributed by atoms with Gasteiger partial charge in [0.25, 0.3) is 0 Å². The normalized spacial score (nSPS) is 12.9. The van der Waals surface area contributed by atoms with E-state index in [1.807, 2.05) is 24.3 Å². The first-order valence-corrected chi connectivity index (χ1v) is 11.5. The molecule has 0 aliphatic carbocycles.